The van der Waals surface area contributed by atoms with Gasteiger partial charge in [-0.15, -0.1) is 0 Å². The Bertz CT molecular complexity index is 810. The quantitative estimate of drug-likeness (QED) is 0.518. The monoisotopic (exact) mass is 327 g/mol. The van der Waals surface area contributed by atoms with E-state index in [1.165, 1.54) is 6.07 Å². The predicted octanol–water partition coefficient (Wildman–Crippen LogP) is 6.19. The molecule has 0 saturated heterocycles. The van der Waals surface area contributed by atoms with Crippen molar-refractivity contribution in [3.63, 3.8) is 0 Å². The van der Waals surface area contributed by atoms with E-state index in [0.29, 0.717) is 11.4 Å². The molecule has 0 bridgehead atoms. The molecule has 0 aliphatic carbocycles. The first kappa shape index (κ1) is 16.1. The summed E-state index contributed by atoms with van der Waals surface area (Å²) in [6, 6.07) is 17.0. The fourth-order valence-electron chi connectivity index (χ4n) is 2.50. The lowest BCUT2D eigenvalue weighted by Crippen LogP contribution is -2.13. The molecule has 0 radical (unpaired) electrons. The maximum atomic E-state index is 14.4. The highest BCUT2D eigenvalue weighted by Gasteiger charge is 2.21. The van der Waals surface area contributed by atoms with Gasteiger partial charge in [-0.1, -0.05) is 35.4 Å². The Morgan fingerprint density at radius 3 is 1.50 bits per heavy atom. The third kappa shape index (κ3) is 3.00. The largest absolute Gasteiger partial charge is 0.308 e. The molecule has 1 nitrogen and oxygen atoms in total. The van der Waals surface area contributed by atoms with Crippen LogP contribution in [0.15, 0.2) is 60.7 Å². The molecule has 3 aromatic rings. The highest BCUT2D eigenvalue weighted by molar-refractivity contribution is 5.77. The van der Waals surface area contributed by atoms with E-state index in [2.05, 4.69) is 0 Å². The summed E-state index contributed by atoms with van der Waals surface area (Å²) in [5.74, 6) is -3.89. The van der Waals surface area contributed by atoms with Gasteiger partial charge in [0.15, 0.2) is 17.5 Å². The lowest BCUT2D eigenvalue weighted by molar-refractivity contribution is 0.448. The van der Waals surface area contributed by atoms with Crippen LogP contribution in [0.5, 0.6) is 0 Å². The third-order valence-electron chi connectivity index (χ3n) is 3.84. The van der Waals surface area contributed by atoms with E-state index in [1.54, 1.807) is 4.90 Å². The van der Waals surface area contributed by atoms with Crippen molar-refractivity contribution in [1.29, 1.82) is 0 Å². The van der Waals surface area contributed by atoms with Crippen LogP contribution in [0.1, 0.15) is 11.1 Å². The molecule has 0 aliphatic rings. The average molecular weight is 327 g/mol. The first-order valence-electron chi connectivity index (χ1n) is 7.54. The van der Waals surface area contributed by atoms with Gasteiger partial charge in [-0.3, -0.25) is 0 Å². The maximum Gasteiger partial charge on any atom is 0.196 e. The van der Waals surface area contributed by atoms with Crippen LogP contribution in [0, 0.1) is 31.3 Å². The molecule has 0 aromatic heterocycles. The number of benzene rings is 3. The average Bonchev–Trinajstić information content (AvgIpc) is 2.58. The minimum atomic E-state index is -1.48. The molecule has 0 atom stereocenters. The summed E-state index contributed by atoms with van der Waals surface area (Å²) in [6.07, 6.45) is 0. The molecule has 0 heterocycles. The van der Waals surface area contributed by atoms with E-state index in [-0.39, 0.29) is 5.69 Å². The Kier molecular flexibility index (Phi) is 4.30. The van der Waals surface area contributed by atoms with E-state index < -0.39 is 17.5 Å². The number of anilines is 3. The van der Waals surface area contributed by atoms with Gasteiger partial charge < -0.3 is 4.90 Å². The molecule has 4 heteroatoms. The smallest absolute Gasteiger partial charge is 0.196 e. The molecule has 0 fully saturated rings. The van der Waals surface area contributed by atoms with E-state index in [4.69, 9.17) is 0 Å². The zero-order chi connectivity index (χ0) is 17.3. The van der Waals surface area contributed by atoms with Gasteiger partial charge in [-0.25, -0.2) is 13.2 Å². The SMILES string of the molecule is Cc1ccc(N(c2ccc(C)cc2)c2ccc(F)c(F)c2F)cc1. The summed E-state index contributed by atoms with van der Waals surface area (Å²) in [7, 11) is 0. The van der Waals surface area contributed by atoms with Crippen molar-refractivity contribution in [3.05, 3.63) is 89.2 Å². The molecule has 0 unspecified atom stereocenters. The molecular weight excluding hydrogens is 311 g/mol. The minimum absolute atomic E-state index is 0.0402. The molecule has 0 aliphatic heterocycles. The van der Waals surface area contributed by atoms with Crippen molar-refractivity contribution < 1.29 is 13.2 Å². The summed E-state index contributed by atoms with van der Waals surface area (Å²) in [5.41, 5.74) is 3.38. The molecular formula is C20H16F3N. The normalized spacial score (nSPS) is 10.7. The second kappa shape index (κ2) is 6.40. The number of hydrogen-bond acceptors (Lipinski definition) is 1. The van der Waals surface area contributed by atoms with Crippen LogP contribution < -0.4 is 4.90 Å². The van der Waals surface area contributed by atoms with E-state index in [9.17, 15) is 13.2 Å². The predicted molar refractivity (Wildman–Crippen MR) is 90.5 cm³/mol. The van der Waals surface area contributed by atoms with Crippen LogP contribution >= 0.6 is 0 Å². The second-order valence-corrected chi connectivity index (χ2v) is 5.70. The Hall–Kier alpha value is -2.75. The summed E-state index contributed by atoms with van der Waals surface area (Å²) in [6.45, 7) is 3.89. The van der Waals surface area contributed by atoms with E-state index in [0.717, 1.165) is 17.2 Å². The van der Waals surface area contributed by atoms with Crippen molar-refractivity contribution in [2.24, 2.45) is 0 Å². The zero-order valence-corrected chi connectivity index (χ0v) is 13.4. The molecule has 122 valence electrons. The highest BCUT2D eigenvalue weighted by atomic mass is 19.2. The van der Waals surface area contributed by atoms with Gasteiger partial charge in [-0.05, 0) is 50.2 Å². The summed E-state index contributed by atoms with van der Waals surface area (Å²) >= 11 is 0. The molecule has 0 spiro atoms. The number of nitrogens with zero attached hydrogens (tertiary/aromatic N) is 1. The standard InChI is InChI=1S/C20H16F3N/c1-13-3-7-15(8-4-13)24(16-9-5-14(2)6-10-16)18-12-11-17(21)19(22)20(18)23/h3-12H,1-2H3. The van der Waals surface area contributed by atoms with Gasteiger partial charge in [0.2, 0.25) is 0 Å². The second-order valence-electron chi connectivity index (χ2n) is 5.70. The minimum Gasteiger partial charge on any atom is -0.308 e. The van der Waals surface area contributed by atoms with Crippen LogP contribution in [0.25, 0.3) is 0 Å². The van der Waals surface area contributed by atoms with E-state index in [1.807, 2.05) is 62.4 Å². The zero-order valence-electron chi connectivity index (χ0n) is 13.4. The van der Waals surface area contributed by atoms with Gasteiger partial charge in [-0.2, -0.15) is 0 Å². The van der Waals surface area contributed by atoms with Crippen molar-refractivity contribution >= 4 is 17.1 Å². The summed E-state index contributed by atoms with van der Waals surface area (Å²) in [4.78, 5) is 1.57. The Morgan fingerprint density at radius 2 is 1.04 bits per heavy atom. The first-order chi connectivity index (χ1) is 11.5. The Balaban J connectivity index is 2.20. The third-order valence-corrected chi connectivity index (χ3v) is 3.84. The van der Waals surface area contributed by atoms with Gasteiger partial charge in [0.05, 0.1) is 5.69 Å². The molecule has 0 N–H and O–H groups in total. The van der Waals surface area contributed by atoms with Crippen molar-refractivity contribution in [1.82, 2.24) is 0 Å². The van der Waals surface area contributed by atoms with Crippen LogP contribution in [0.4, 0.5) is 30.2 Å². The van der Waals surface area contributed by atoms with E-state index >= 15 is 0 Å². The summed E-state index contributed by atoms with van der Waals surface area (Å²) in [5, 5.41) is 0. The molecule has 0 amide bonds. The van der Waals surface area contributed by atoms with Gasteiger partial charge in [0.25, 0.3) is 0 Å². The number of rotatable bonds is 3. The number of halogens is 3. The fraction of sp³-hybridized carbons (Fsp3) is 0.100. The van der Waals surface area contributed by atoms with Gasteiger partial charge in [0, 0.05) is 11.4 Å². The molecule has 3 rings (SSSR count). The van der Waals surface area contributed by atoms with Crippen LogP contribution in [-0.2, 0) is 0 Å². The van der Waals surface area contributed by atoms with Crippen LogP contribution in [0.3, 0.4) is 0 Å². The molecule has 0 saturated carbocycles. The van der Waals surface area contributed by atoms with Crippen molar-refractivity contribution in [3.8, 4) is 0 Å². The Labute approximate surface area is 139 Å². The molecule has 24 heavy (non-hydrogen) atoms. The number of hydrogen-bond donors (Lipinski definition) is 0. The fourth-order valence-corrected chi connectivity index (χ4v) is 2.50. The topological polar surface area (TPSA) is 3.24 Å². The van der Waals surface area contributed by atoms with Gasteiger partial charge in [0.1, 0.15) is 0 Å². The van der Waals surface area contributed by atoms with Crippen LogP contribution in [0.2, 0.25) is 0 Å². The van der Waals surface area contributed by atoms with Crippen LogP contribution in [-0.4, -0.2) is 0 Å². The highest BCUT2D eigenvalue weighted by Crippen LogP contribution is 2.37. The summed E-state index contributed by atoms with van der Waals surface area (Å²) < 4.78 is 41.4. The van der Waals surface area contributed by atoms with Crippen molar-refractivity contribution in [2.45, 2.75) is 13.8 Å². The lowest BCUT2D eigenvalue weighted by Gasteiger charge is -2.26. The first-order valence-corrected chi connectivity index (χ1v) is 7.54. The Morgan fingerprint density at radius 1 is 0.583 bits per heavy atom. The molecule has 3 aromatic carbocycles. The lowest BCUT2D eigenvalue weighted by atomic mass is 10.1. The number of aryl methyl sites for hydroxylation is 2. The maximum absolute atomic E-state index is 14.4. The van der Waals surface area contributed by atoms with Crippen molar-refractivity contribution in [2.75, 3.05) is 4.90 Å². The van der Waals surface area contributed by atoms with Gasteiger partial charge >= 0.3 is 0 Å².